The molecule has 0 aliphatic carbocycles. The lowest BCUT2D eigenvalue weighted by Crippen LogP contribution is -2.54. The molecule has 410 valence electrons. The third-order valence-electron chi connectivity index (χ3n) is 15.0. The maximum Gasteiger partial charge on any atom is 0.329 e. The van der Waals surface area contributed by atoms with Crippen LogP contribution in [0.15, 0.2) is 72.8 Å². The molecule has 5 amide bonds. The summed E-state index contributed by atoms with van der Waals surface area (Å²) in [6.45, 7) is 8.10. The van der Waals surface area contributed by atoms with Gasteiger partial charge in [0, 0.05) is 25.8 Å². The quantitative estimate of drug-likeness (QED) is 0.0337. The maximum atomic E-state index is 14.5. The second kappa shape index (κ2) is 27.1. The highest BCUT2D eigenvalue weighted by atomic mass is 16.5. The number of ketones is 2. The first-order valence-electron chi connectivity index (χ1n) is 27.1. The molecule has 0 saturated carbocycles. The summed E-state index contributed by atoms with van der Waals surface area (Å²) in [5.74, 6) is -2.03. The molecule has 0 aromatic heterocycles. The fraction of sp³-hybridized carbons (Fsp3) is 0.475. The van der Waals surface area contributed by atoms with Crippen LogP contribution in [0.1, 0.15) is 169 Å². The van der Waals surface area contributed by atoms with E-state index in [9.17, 15) is 38.4 Å². The first kappa shape index (κ1) is 57.3. The number of amides is 5. The molecule has 1 N–H and O–H groups in total. The van der Waals surface area contributed by atoms with Crippen LogP contribution in [0.3, 0.4) is 0 Å². The third kappa shape index (κ3) is 14.4. The van der Waals surface area contributed by atoms with Gasteiger partial charge in [-0.05, 0) is 142 Å². The number of aryl methyl sites for hydroxylation is 4. The fourth-order valence-electron chi connectivity index (χ4n) is 10.6. The molecule has 4 atom stereocenters. The van der Waals surface area contributed by atoms with Crippen molar-refractivity contribution in [2.24, 2.45) is 0 Å². The molecule has 16 heteroatoms. The summed E-state index contributed by atoms with van der Waals surface area (Å²) in [5, 5.41) is 2.18. The van der Waals surface area contributed by atoms with Crippen molar-refractivity contribution in [3.05, 3.63) is 117 Å². The van der Waals surface area contributed by atoms with Crippen molar-refractivity contribution in [3.63, 3.8) is 0 Å². The lowest BCUT2D eigenvalue weighted by atomic mass is 9.91. The Morgan fingerprint density at radius 1 is 0.701 bits per heavy atom. The van der Waals surface area contributed by atoms with Gasteiger partial charge in [0.2, 0.25) is 17.7 Å². The number of rotatable bonds is 27. The molecule has 3 aliphatic heterocycles. The van der Waals surface area contributed by atoms with Gasteiger partial charge in [-0.2, -0.15) is 0 Å². The predicted molar refractivity (Wildman–Crippen MR) is 287 cm³/mol. The van der Waals surface area contributed by atoms with Crippen LogP contribution < -0.4 is 24.3 Å². The molecule has 4 aromatic carbocycles. The van der Waals surface area contributed by atoms with Crippen LogP contribution in [-0.2, 0) is 39.9 Å². The van der Waals surface area contributed by atoms with Crippen LogP contribution in [-0.4, -0.2) is 103 Å². The molecule has 16 nitrogen and oxygen atoms in total. The molecule has 77 heavy (non-hydrogen) atoms. The number of likely N-dealkylation sites (tertiary alicyclic amines) is 1. The number of imide groups is 2. The van der Waals surface area contributed by atoms with E-state index in [-0.39, 0.29) is 66.8 Å². The van der Waals surface area contributed by atoms with Crippen LogP contribution in [0.4, 0.5) is 0 Å². The van der Waals surface area contributed by atoms with E-state index in [0.717, 1.165) is 65.7 Å². The SMILES string of the molecule is CC[C@H](C(=O)N1CCCC[C@H]1C(=O)O[C@H](CCc1ccc(C)c(C)c1)c1cccc(OCC(=O)CCCCCCCCC(=O)COc2cccc3c2C(=O)N(C2CCC(=O)NC2=O)C3=O)c1)c1cc(C)c(OC)c(OC)c1. The summed E-state index contributed by atoms with van der Waals surface area (Å²) in [5.41, 5.74) is 5.96. The number of fused-ring (bicyclic) bond motifs is 1. The first-order valence-corrected chi connectivity index (χ1v) is 27.1. The Bertz CT molecular complexity index is 2840. The zero-order valence-corrected chi connectivity index (χ0v) is 45.4. The number of methoxy groups -OCH3 is 2. The van der Waals surface area contributed by atoms with Gasteiger partial charge in [-0.1, -0.05) is 75.1 Å². The van der Waals surface area contributed by atoms with E-state index in [2.05, 4.69) is 37.4 Å². The average Bonchev–Trinajstić information content (AvgIpc) is 3.68. The van der Waals surface area contributed by atoms with E-state index in [1.54, 1.807) is 31.3 Å². The summed E-state index contributed by atoms with van der Waals surface area (Å²) in [6, 6.07) is 20.2. The second-order valence-electron chi connectivity index (χ2n) is 20.4. The van der Waals surface area contributed by atoms with Crippen molar-refractivity contribution in [2.75, 3.05) is 34.0 Å². The van der Waals surface area contributed by atoms with E-state index in [4.69, 9.17) is 23.7 Å². The Balaban J connectivity index is 0.865. The van der Waals surface area contributed by atoms with Crippen molar-refractivity contribution in [1.82, 2.24) is 15.1 Å². The van der Waals surface area contributed by atoms with Gasteiger partial charge in [0.05, 0.1) is 31.3 Å². The summed E-state index contributed by atoms with van der Waals surface area (Å²) in [6.07, 6.45) is 8.51. The third-order valence-corrected chi connectivity index (χ3v) is 15.0. The number of benzene rings is 4. The number of esters is 1. The number of carbonyl (C=O) groups excluding carboxylic acids is 8. The number of hydrogen-bond donors (Lipinski definition) is 1. The zero-order chi connectivity index (χ0) is 55.2. The molecule has 4 aromatic rings. The van der Waals surface area contributed by atoms with Crippen molar-refractivity contribution < 1.29 is 62.0 Å². The number of carbonyl (C=O) groups is 8. The van der Waals surface area contributed by atoms with Gasteiger partial charge in [-0.15, -0.1) is 0 Å². The topological polar surface area (TPSA) is 201 Å². The van der Waals surface area contributed by atoms with Crippen LogP contribution in [0.5, 0.6) is 23.0 Å². The van der Waals surface area contributed by atoms with Gasteiger partial charge in [0.1, 0.15) is 42.9 Å². The smallest absolute Gasteiger partial charge is 0.329 e. The van der Waals surface area contributed by atoms with Crippen molar-refractivity contribution in [3.8, 4) is 23.0 Å². The summed E-state index contributed by atoms with van der Waals surface area (Å²) >= 11 is 0. The number of piperidine rings is 2. The first-order chi connectivity index (χ1) is 37.1. The van der Waals surface area contributed by atoms with Crippen LogP contribution >= 0.6 is 0 Å². The van der Waals surface area contributed by atoms with Gasteiger partial charge < -0.3 is 28.6 Å². The van der Waals surface area contributed by atoms with Crippen LogP contribution in [0.2, 0.25) is 0 Å². The zero-order valence-electron chi connectivity index (χ0n) is 45.4. The lowest BCUT2D eigenvalue weighted by Gasteiger charge is -2.37. The van der Waals surface area contributed by atoms with E-state index in [0.29, 0.717) is 68.7 Å². The van der Waals surface area contributed by atoms with E-state index in [1.807, 2.05) is 44.2 Å². The molecular formula is C61H73N3O13. The highest BCUT2D eigenvalue weighted by Crippen LogP contribution is 2.38. The minimum atomic E-state index is -1.10. The molecular weight excluding hydrogens is 983 g/mol. The Labute approximate surface area is 451 Å². The highest BCUT2D eigenvalue weighted by Gasteiger charge is 2.46. The number of hydrogen-bond acceptors (Lipinski definition) is 13. The number of nitrogens with one attached hydrogen (secondary N) is 1. The summed E-state index contributed by atoms with van der Waals surface area (Å²) in [7, 11) is 3.16. The molecule has 1 unspecified atom stereocenters. The predicted octanol–water partition coefficient (Wildman–Crippen LogP) is 9.54. The normalized spacial score (nSPS) is 17.1. The largest absolute Gasteiger partial charge is 0.493 e. The molecule has 0 spiro atoms. The Morgan fingerprint density at radius 3 is 2.10 bits per heavy atom. The molecule has 2 saturated heterocycles. The number of ether oxygens (including phenoxy) is 5. The van der Waals surface area contributed by atoms with Crippen molar-refractivity contribution in [1.29, 1.82) is 0 Å². The van der Waals surface area contributed by atoms with Crippen molar-refractivity contribution >= 4 is 47.1 Å². The maximum absolute atomic E-state index is 14.5. The van der Waals surface area contributed by atoms with E-state index >= 15 is 0 Å². The minimum absolute atomic E-state index is 0.00117. The molecule has 7 rings (SSSR count). The summed E-state index contributed by atoms with van der Waals surface area (Å²) in [4.78, 5) is 108. The van der Waals surface area contributed by atoms with Gasteiger partial charge >= 0.3 is 5.97 Å². The molecule has 3 aliphatic rings. The minimum Gasteiger partial charge on any atom is -0.493 e. The monoisotopic (exact) mass is 1060 g/mol. The van der Waals surface area contributed by atoms with Gasteiger partial charge in [-0.25, -0.2) is 4.79 Å². The standard InChI is InChI=1S/C61H73N3O13/c1-7-47(43-33-40(4)56(74-6)53(35-43)73-5)58(69)63-31-15-14-23-50(63)61(72)77-51(29-27-41-26-25-38(2)39(3)32-41)42-18-16-21-46(34-42)75-36-44(65)19-12-10-8-9-11-13-20-45(66)37-76-52-24-17-22-48-55(52)60(71)64(59(48)70)49-28-30-54(67)62-57(49)68/h16-18,21-22,24-26,32-35,47,49-51H,7-15,19-20,23,27-31,36-37H2,1-6H3,(H,62,67,68)/t47-,49?,50-,51+/m0/s1. The molecule has 0 radical (unpaired) electrons. The number of Topliss-reactive ketones (excluding diaryl/α,β-unsaturated/α-hetero) is 2. The van der Waals surface area contributed by atoms with E-state index < -0.39 is 53.7 Å². The Morgan fingerprint density at radius 2 is 1.42 bits per heavy atom. The number of unbranched alkanes of at least 4 members (excludes halogenated alkanes) is 5. The van der Waals surface area contributed by atoms with Crippen LogP contribution in [0.25, 0.3) is 0 Å². The summed E-state index contributed by atoms with van der Waals surface area (Å²) < 4.78 is 29.4. The van der Waals surface area contributed by atoms with Crippen molar-refractivity contribution in [2.45, 2.75) is 155 Å². The average molecular weight is 1060 g/mol. The number of nitrogens with zero attached hydrogens (tertiary/aromatic N) is 2. The van der Waals surface area contributed by atoms with Gasteiger partial charge in [0.25, 0.3) is 11.8 Å². The molecule has 0 bridgehead atoms. The highest BCUT2D eigenvalue weighted by molar-refractivity contribution is 6.24. The fourth-order valence-corrected chi connectivity index (χ4v) is 10.6. The Kier molecular flexibility index (Phi) is 20.2. The van der Waals surface area contributed by atoms with Crippen LogP contribution in [0, 0.1) is 20.8 Å². The van der Waals surface area contributed by atoms with Gasteiger partial charge in [0.15, 0.2) is 23.1 Å². The molecule has 2 fully saturated rings. The Hall–Kier alpha value is -7.36. The van der Waals surface area contributed by atoms with E-state index in [1.165, 1.54) is 23.3 Å². The second-order valence-corrected chi connectivity index (χ2v) is 20.4. The lowest BCUT2D eigenvalue weighted by molar-refractivity contribution is -0.162. The van der Waals surface area contributed by atoms with Gasteiger partial charge in [-0.3, -0.25) is 43.8 Å². The molecule has 3 heterocycles.